The van der Waals surface area contributed by atoms with E-state index in [-0.39, 0.29) is 28.9 Å². The highest BCUT2D eigenvalue weighted by Gasteiger charge is 2.71. The average molecular weight is 511 g/mol. The van der Waals surface area contributed by atoms with Gasteiger partial charge in [-0.15, -0.1) is 0 Å². The first-order valence-electron chi connectivity index (χ1n) is 11.5. The van der Waals surface area contributed by atoms with Crippen LogP contribution in [-0.4, -0.2) is 85.9 Å². The molecular weight excluding hydrogens is 480 g/mol. The van der Waals surface area contributed by atoms with Crippen LogP contribution in [0.3, 0.4) is 0 Å². The number of ether oxygens (including phenoxy) is 3. The summed E-state index contributed by atoms with van der Waals surface area (Å²) in [6.07, 6.45) is 5.11. The molecule has 1 amide bonds. The van der Waals surface area contributed by atoms with Crippen molar-refractivity contribution in [2.45, 2.75) is 42.9 Å². The summed E-state index contributed by atoms with van der Waals surface area (Å²) in [5.41, 5.74) is 3.85. The summed E-state index contributed by atoms with van der Waals surface area (Å²) >= 11 is 0. The third kappa shape index (κ3) is 3.35. The maximum Gasteiger partial charge on any atom is 0.394 e. The Balaban J connectivity index is 0.000000388. The summed E-state index contributed by atoms with van der Waals surface area (Å²) in [5.74, 6) is 2.57. The Hall–Kier alpha value is -2.22. The number of amides is 1. The van der Waals surface area contributed by atoms with Crippen LogP contribution in [0.1, 0.15) is 24.8 Å². The van der Waals surface area contributed by atoms with Crippen molar-refractivity contribution in [1.82, 2.24) is 4.90 Å². The van der Waals surface area contributed by atoms with E-state index in [0.29, 0.717) is 36.7 Å². The van der Waals surface area contributed by atoms with Crippen LogP contribution in [0, 0.1) is 11.8 Å². The molecule has 6 atom stereocenters. The number of carbonyl (C=O) groups is 1. The van der Waals surface area contributed by atoms with Crippen molar-refractivity contribution >= 4 is 22.0 Å². The molecule has 5 aliphatic heterocycles. The van der Waals surface area contributed by atoms with Gasteiger partial charge >= 0.3 is 10.4 Å². The molecule has 1 saturated carbocycles. The van der Waals surface area contributed by atoms with Gasteiger partial charge in [0, 0.05) is 30.0 Å². The maximum atomic E-state index is 13.5. The van der Waals surface area contributed by atoms with E-state index < -0.39 is 10.4 Å². The standard InChI is InChI=1S/C23H26N2O4.H2O4S.H2O/c1-27-16-8-14-15(9-17(16)28-2)25-20(26)10-18-21-13-7-19-23(14,22(21)25)4-5-24(19)11-12(13)3-6-29-18;1-5(2,3)4;/h3,8-9,13,18-19,21-22H,4-7,10-11H2,1-2H3;(H2,1,2,3,4);1H2. The van der Waals surface area contributed by atoms with Crippen molar-refractivity contribution in [1.29, 1.82) is 0 Å². The first kappa shape index (κ1) is 24.5. The van der Waals surface area contributed by atoms with Gasteiger partial charge in [0.2, 0.25) is 5.91 Å². The molecule has 1 aliphatic carbocycles. The number of piperidine rings is 2. The molecular formula is C23H30N2O9S. The molecule has 3 saturated heterocycles. The monoisotopic (exact) mass is 510 g/mol. The third-order valence-electron chi connectivity index (χ3n) is 8.81. The van der Waals surface area contributed by atoms with Gasteiger partial charge < -0.3 is 24.6 Å². The molecule has 2 bridgehead atoms. The summed E-state index contributed by atoms with van der Waals surface area (Å²) in [7, 11) is -1.31. The minimum atomic E-state index is -4.67. The van der Waals surface area contributed by atoms with Crippen molar-refractivity contribution in [3.05, 3.63) is 29.3 Å². The van der Waals surface area contributed by atoms with E-state index in [1.54, 1.807) is 19.8 Å². The van der Waals surface area contributed by atoms with Gasteiger partial charge in [-0.05, 0) is 36.9 Å². The lowest BCUT2D eigenvalue weighted by Gasteiger charge is -2.58. The molecule has 6 unspecified atom stereocenters. The Labute approximate surface area is 203 Å². The Morgan fingerprint density at radius 1 is 1.17 bits per heavy atom. The number of hydrogen-bond acceptors (Lipinski definition) is 7. The van der Waals surface area contributed by atoms with E-state index in [9.17, 15) is 4.79 Å². The minimum absolute atomic E-state index is 0. The van der Waals surface area contributed by atoms with Crippen LogP contribution in [0.2, 0.25) is 0 Å². The number of fused-ring (bicyclic) bond motifs is 2. The number of nitrogens with zero attached hydrogens (tertiary/aromatic N) is 2. The smallest absolute Gasteiger partial charge is 0.394 e. The van der Waals surface area contributed by atoms with Crippen LogP contribution in [0.5, 0.6) is 11.5 Å². The fourth-order valence-electron chi connectivity index (χ4n) is 7.87. The zero-order valence-corrected chi connectivity index (χ0v) is 20.3. The van der Waals surface area contributed by atoms with E-state index in [2.05, 4.69) is 21.9 Å². The zero-order chi connectivity index (χ0) is 24.0. The van der Waals surface area contributed by atoms with E-state index >= 15 is 0 Å². The first-order valence-corrected chi connectivity index (χ1v) is 12.9. The normalized spacial score (nSPS) is 35.7. The highest BCUT2D eigenvalue weighted by Crippen LogP contribution is 2.66. The Morgan fingerprint density at radius 3 is 2.54 bits per heavy atom. The second kappa shape index (κ2) is 8.15. The minimum Gasteiger partial charge on any atom is -0.493 e. The summed E-state index contributed by atoms with van der Waals surface area (Å²) in [6.45, 7) is 2.80. The highest BCUT2D eigenvalue weighted by molar-refractivity contribution is 7.79. The molecule has 192 valence electrons. The fraction of sp³-hybridized carbons (Fsp3) is 0.609. The van der Waals surface area contributed by atoms with Gasteiger partial charge in [0.15, 0.2) is 11.5 Å². The van der Waals surface area contributed by atoms with Crippen LogP contribution in [0.15, 0.2) is 23.8 Å². The summed E-state index contributed by atoms with van der Waals surface area (Å²) in [6, 6.07) is 4.87. The largest absolute Gasteiger partial charge is 0.493 e. The van der Waals surface area contributed by atoms with Crippen LogP contribution < -0.4 is 14.4 Å². The topological polar surface area (TPSA) is 157 Å². The summed E-state index contributed by atoms with van der Waals surface area (Å²) in [5, 5.41) is 0. The summed E-state index contributed by atoms with van der Waals surface area (Å²) in [4.78, 5) is 18.3. The Morgan fingerprint density at radius 2 is 1.86 bits per heavy atom. The van der Waals surface area contributed by atoms with E-state index in [4.69, 9.17) is 31.7 Å². The molecule has 6 aliphatic rings. The van der Waals surface area contributed by atoms with Crippen molar-refractivity contribution in [2.24, 2.45) is 11.8 Å². The number of carbonyl (C=O) groups excluding carboxylic acids is 1. The number of anilines is 1. The number of methoxy groups -OCH3 is 2. The van der Waals surface area contributed by atoms with Crippen molar-refractivity contribution in [3.63, 3.8) is 0 Å². The molecule has 0 aromatic heterocycles. The first-order chi connectivity index (χ1) is 16.2. The lowest BCUT2D eigenvalue weighted by atomic mass is 9.53. The lowest BCUT2D eigenvalue weighted by Crippen LogP contribution is -2.69. The van der Waals surface area contributed by atoms with Gasteiger partial charge in [-0.25, -0.2) is 0 Å². The predicted octanol–water partition coefficient (Wildman–Crippen LogP) is 0.632. The van der Waals surface area contributed by atoms with Crippen LogP contribution in [-0.2, 0) is 25.3 Å². The fourth-order valence-corrected chi connectivity index (χ4v) is 7.87. The van der Waals surface area contributed by atoms with Crippen LogP contribution in [0.4, 0.5) is 5.69 Å². The number of hydrogen-bond donors (Lipinski definition) is 2. The number of rotatable bonds is 2. The lowest BCUT2D eigenvalue weighted by molar-refractivity contribution is -0.132. The van der Waals surface area contributed by atoms with Crippen molar-refractivity contribution in [2.75, 3.05) is 38.8 Å². The molecule has 4 N–H and O–H groups in total. The van der Waals surface area contributed by atoms with Gasteiger partial charge in [0.25, 0.3) is 0 Å². The maximum absolute atomic E-state index is 13.5. The van der Waals surface area contributed by atoms with Gasteiger partial charge in [0.1, 0.15) is 0 Å². The van der Waals surface area contributed by atoms with Gasteiger partial charge in [-0.2, -0.15) is 8.42 Å². The molecule has 11 nitrogen and oxygen atoms in total. The van der Waals surface area contributed by atoms with E-state index in [1.165, 1.54) is 12.0 Å². The second-order valence-corrected chi connectivity index (χ2v) is 10.8. The van der Waals surface area contributed by atoms with E-state index in [0.717, 1.165) is 30.9 Å². The molecule has 1 aromatic rings. The van der Waals surface area contributed by atoms with Gasteiger partial charge in [-0.1, -0.05) is 11.6 Å². The highest BCUT2D eigenvalue weighted by atomic mass is 32.3. The Bertz CT molecular complexity index is 1190. The second-order valence-electron chi connectivity index (χ2n) is 9.93. The van der Waals surface area contributed by atoms with Crippen molar-refractivity contribution in [3.8, 4) is 11.5 Å². The number of benzene rings is 1. The molecule has 12 heteroatoms. The van der Waals surface area contributed by atoms with Gasteiger partial charge in [-0.3, -0.25) is 18.8 Å². The van der Waals surface area contributed by atoms with Crippen molar-refractivity contribution < 1.29 is 42.0 Å². The van der Waals surface area contributed by atoms with Crippen LogP contribution >= 0.6 is 0 Å². The SMILES string of the molecule is COc1cc2c(cc1OC)C13CCN4CC5=CCOC6CC(=O)N2C1C6C5CC43.O.O=S(=O)(O)O. The predicted molar refractivity (Wildman–Crippen MR) is 124 cm³/mol. The molecule has 1 aromatic carbocycles. The quantitative estimate of drug-likeness (QED) is 0.430. The molecule has 4 fully saturated rings. The zero-order valence-electron chi connectivity index (χ0n) is 19.5. The molecule has 1 spiro atoms. The molecule has 7 rings (SSSR count). The molecule has 5 heterocycles. The Kier molecular flexibility index (Phi) is 5.70. The summed E-state index contributed by atoms with van der Waals surface area (Å²) < 4.78 is 49.2. The van der Waals surface area contributed by atoms with E-state index in [1.807, 2.05) is 6.07 Å². The third-order valence-corrected chi connectivity index (χ3v) is 8.81. The van der Waals surface area contributed by atoms with Gasteiger partial charge in [0.05, 0.1) is 45.1 Å². The molecule has 0 radical (unpaired) electrons. The molecule has 35 heavy (non-hydrogen) atoms. The average Bonchev–Trinajstić information content (AvgIpc) is 3.24. The van der Waals surface area contributed by atoms with Crippen LogP contribution in [0.25, 0.3) is 0 Å².